The van der Waals surface area contributed by atoms with E-state index in [-0.39, 0.29) is 11.8 Å². The van der Waals surface area contributed by atoms with E-state index in [2.05, 4.69) is 13.2 Å². The van der Waals surface area contributed by atoms with E-state index >= 15 is 0 Å². The second kappa shape index (κ2) is 6.69. The number of hydrogen-bond acceptors (Lipinski definition) is 2. The highest BCUT2D eigenvalue weighted by atomic mass is 16.2. The molecule has 0 aromatic rings. The van der Waals surface area contributed by atoms with Gasteiger partial charge >= 0.3 is 0 Å². The highest BCUT2D eigenvalue weighted by Gasteiger charge is 2.45. The number of piperazine rings is 3. The highest BCUT2D eigenvalue weighted by molar-refractivity contribution is 5.87. The van der Waals surface area contributed by atoms with Crippen molar-refractivity contribution >= 4 is 11.8 Å². The van der Waals surface area contributed by atoms with Gasteiger partial charge < -0.3 is 18.8 Å². The summed E-state index contributed by atoms with van der Waals surface area (Å²) in [6, 6.07) is 0. The lowest BCUT2D eigenvalue weighted by molar-refractivity contribution is -1.03. The molecule has 0 N–H and O–H groups in total. The Kier molecular flexibility index (Phi) is 4.78. The van der Waals surface area contributed by atoms with Crippen molar-refractivity contribution in [3.63, 3.8) is 0 Å². The number of nitrogens with zero attached hydrogens (tertiary/aromatic N) is 4. The van der Waals surface area contributed by atoms with Crippen molar-refractivity contribution in [2.24, 2.45) is 0 Å². The van der Waals surface area contributed by atoms with Gasteiger partial charge in [-0.25, -0.2) is 0 Å². The third kappa shape index (κ3) is 3.26. The van der Waals surface area contributed by atoms with E-state index in [0.717, 1.165) is 61.3 Å². The van der Waals surface area contributed by atoms with Crippen molar-refractivity contribution in [1.82, 2.24) is 9.80 Å². The van der Waals surface area contributed by atoms with E-state index in [0.29, 0.717) is 0 Å². The fraction of sp³-hybridized carbons (Fsp3) is 0.667. The molecule has 0 aromatic carbocycles. The number of amides is 2. The first-order chi connectivity index (χ1) is 11.5. The molecular formula is C18H30N4O2+2. The Hall–Kier alpha value is -1.66. The molecule has 0 atom stereocenters. The van der Waals surface area contributed by atoms with E-state index in [1.165, 1.54) is 38.3 Å². The average Bonchev–Trinajstić information content (AvgIpc) is 2.64. The molecule has 3 heterocycles. The highest BCUT2D eigenvalue weighted by Crippen LogP contribution is 2.24. The molecule has 3 fully saturated rings. The summed E-state index contributed by atoms with van der Waals surface area (Å²) < 4.78 is 2.33. The predicted octanol–water partition coefficient (Wildman–Crippen LogP) is -0.310. The van der Waals surface area contributed by atoms with Crippen LogP contribution >= 0.6 is 0 Å². The normalized spacial score (nSPS) is 25.5. The SMILES string of the molecule is C=CC(=O)N1CC[N+]2(CC1)CC[N+]1(CCN(C(=O)C=C)CC1)CC2. The van der Waals surface area contributed by atoms with E-state index in [1.54, 1.807) is 0 Å². The van der Waals surface area contributed by atoms with Gasteiger partial charge in [-0.15, -0.1) is 0 Å². The van der Waals surface area contributed by atoms with Gasteiger partial charge in [0, 0.05) is 0 Å². The molecule has 0 radical (unpaired) electrons. The van der Waals surface area contributed by atoms with Crippen LogP contribution in [-0.2, 0) is 9.59 Å². The number of hydrogen-bond donors (Lipinski definition) is 0. The van der Waals surface area contributed by atoms with Gasteiger partial charge in [0.25, 0.3) is 0 Å². The molecule has 6 heteroatoms. The van der Waals surface area contributed by atoms with Crippen LogP contribution in [-0.4, -0.2) is 109 Å². The summed E-state index contributed by atoms with van der Waals surface area (Å²) in [5, 5.41) is 0. The second-order valence-corrected chi connectivity index (χ2v) is 7.53. The summed E-state index contributed by atoms with van der Waals surface area (Å²) >= 11 is 0. The minimum atomic E-state index is 0.0661. The zero-order chi connectivity index (χ0) is 17.2. The van der Waals surface area contributed by atoms with Gasteiger partial charge in [0.1, 0.15) is 26.2 Å². The van der Waals surface area contributed by atoms with Crippen molar-refractivity contribution in [2.45, 2.75) is 0 Å². The molecule has 132 valence electrons. The molecule has 0 aliphatic carbocycles. The Bertz CT molecular complexity index is 469. The van der Waals surface area contributed by atoms with Gasteiger partial charge in [0.15, 0.2) is 0 Å². The molecule has 3 rings (SSSR count). The minimum absolute atomic E-state index is 0.0661. The minimum Gasteiger partial charge on any atom is -0.328 e. The van der Waals surface area contributed by atoms with E-state index in [1.807, 2.05) is 9.80 Å². The molecule has 3 aliphatic heterocycles. The molecule has 0 aromatic heterocycles. The summed E-state index contributed by atoms with van der Waals surface area (Å²) in [6.07, 6.45) is 2.85. The van der Waals surface area contributed by atoms with Crippen LogP contribution in [0.2, 0.25) is 0 Å². The zero-order valence-corrected chi connectivity index (χ0v) is 14.7. The van der Waals surface area contributed by atoms with Crippen molar-refractivity contribution < 1.29 is 18.6 Å². The summed E-state index contributed by atoms with van der Waals surface area (Å²) in [4.78, 5) is 27.4. The third-order valence-corrected chi connectivity index (χ3v) is 6.45. The fourth-order valence-electron chi connectivity index (χ4n) is 4.44. The molecule has 24 heavy (non-hydrogen) atoms. The molecule has 2 spiro atoms. The maximum absolute atomic E-state index is 11.7. The van der Waals surface area contributed by atoms with Crippen molar-refractivity contribution in [1.29, 1.82) is 0 Å². The predicted molar refractivity (Wildman–Crippen MR) is 93.0 cm³/mol. The van der Waals surface area contributed by atoms with E-state index in [4.69, 9.17) is 0 Å². The molecule has 0 saturated carbocycles. The first-order valence-corrected chi connectivity index (χ1v) is 9.04. The largest absolute Gasteiger partial charge is 0.328 e. The molecule has 2 amide bonds. The van der Waals surface area contributed by atoms with Gasteiger partial charge in [0.05, 0.1) is 52.4 Å². The van der Waals surface area contributed by atoms with Crippen molar-refractivity contribution in [3.05, 3.63) is 25.3 Å². The Labute approximate surface area is 144 Å². The molecule has 0 bridgehead atoms. The van der Waals surface area contributed by atoms with Crippen LogP contribution in [0, 0.1) is 0 Å². The number of quaternary nitrogens is 2. The number of carbonyl (C=O) groups excluding carboxylic acids is 2. The van der Waals surface area contributed by atoms with E-state index < -0.39 is 0 Å². The summed E-state index contributed by atoms with van der Waals surface area (Å²) in [7, 11) is 0. The third-order valence-electron chi connectivity index (χ3n) is 6.45. The Morgan fingerprint density at radius 1 is 0.625 bits per heavy atom. The Morgan fingerprint density at radius 2 is 0.917 bits per heavy atom. The summed E-state index contributed by atoms with van der Waals surface area (Å²) in [5.41, 5.74) is 0. The topological polar surface area (TPSA) is 40.6 Å². The van der Waals surface area contributed by atoms with Crippen LogP contribution in [0.4, 0.5) is 0 Å². The lowest BCUT2D eigenvalue weighted by atomic mass is 10.1. The summed E-state index contributed by atoms with van der Waals surface area (Å²) in [6.45, 7) is 19.7. The smallest absolute Gasteiger partial charge is 0.246 e. The molecule has 6 nitrogen and oxygen atoms in total. The maximum atomic E-state index is 11.7. The first kappa shape index (κ1) is 17.2. The monoisotopic (exact) mass is 334 g/mol. The quantitative estimate of drug-likeness (QED) is 0.513. The number of rotatable bonds is 2. The van der Waals surface area contributed by atoms with Crippen LogP contribution in [0.5, 0.6) is 0 Å². The van der Waals surface area contributed by atoms with Crippen LogP contribution in [0.3, 0.4) is 0 Å². The molecule has 3 aliphatic rings. The van der Waals surface area contributed by atoms with Crippen LogP contribution in [0.1, 0.15) is 0 Å². The van der Waals surface area contributed by atoms with Gasteiger partial charge in [-0.2, -0.15) is 0 Å². The molecular weight excluding hydrogens is 304 g/mol. The van der Waals surface area contributed by atoms with Crippen LogP contribution < -0.4 is 0 Å². The average molecular weight is 334 g/mol. The maximum Gasteiger partial charge on any atom is 0.246 e. The fourth-order valence-corrected chi connectivity index (χ4v) is 4.44. The van der Waals surface area contributed by atoms with Gasteiger partial charge in [-0.05, 0) is 12.2 Å². The van der Waals surface area contributed by atoms with Crippen molar-refractivity contribution in [3.8, 4) is 0 Å². The lowest BCUT2D eigenvalue weighted by Crippen LogP contribution is -2.73. The molecule has 3 saturated heterocycles. The summed E-state index contributed by atoms with van der Waals surface area (Å²) in [5.74, 6) is 0.132. The van der Waals surface area contributed by atoms with Gasteiger partial charge in [-0.1, -0.05) is 13.2 Å². The van der Waals surface area contributed by atoms with Crippen molar-refractivity contribution in [2.75, 3.05) is 78.5 Å². The Balaban J connectivity index is 1.52. The lowest BCUT2D eigenvalue weighted by Gasteiger charge is -2.54. The standard InChI is InChI=1S/C18H30N4O2/c1-3-17(23)19-5-9-21(10-6-19)13-15-22(16-14-21)11-7-20(8-12-22)18(24)4-2/h3-4H,1-2,5-16H2/q+2. The second-order valence-electron chi connectivity index (χ2n) is 7.53. The first-order valence-electron chi connectivity index (χ1n) is 9.04. The van der Waals surface area contributed by atoms with Gasteiger partial charge in [-0.3, -0.25) is 9.59 Å². The molecule has 0 unspecified atom stereocenters. The van der Waals surface area contributed by atoms with Crippen LogP contribution in [0.15, 0.2) is 25.3 Å². The zero-order valence-electron chi connectivity index (χ0n) is 14.7. The van der Waals surface area contributed by atoms with Gasteiger partial charge in [0.2, 0.25) is 11.8 Å². The number of carbonyl (C=O) groups is 2. The Morgan fingerprint density at radius 3 is 1.17 bits per heavy atom. The van der Waals surface area contributed by atoms with E-state index in [9.17, 15) is 9.59 Å². The van der Waals surface area contributed by atoms with Crippen LogP contribution in [0.25, 0.3) is 0 Å².